The molecule has 2 saturated heterocycles. The lowest BCUT2D eigenvalue weighted by atomic mass is 10.0. The Bertz CT molecular complexity index is 203. The highest BCUT2D eigenvalue weighted by atomic mass is 32.2. The van der Waals surface area contributed by atoms with Gasteiger partial charge >= 0.3 is 0 Å². The molecule has 2 unspecified atom stereocenters. The van der Waals surface area contributed by atoms with Gasteiger partial charge in [-0.1, -0.05) is 6.92 Å². The second kappa shape index (κ2) is 4.67. The van der Waals surface area contributed by atoms with E-state index in [1.54, 1.807) is 0 Å². The van der Waals surface area contributed by atoms with Gasteiger partial charge < -0.3 is 0 Å². The van der Waals surface area contributed by atoms with Crippen molar-refractivity contribution in [3.63, 3.8) is 0 Å². The Labute approximate surface area is 90.4 Å². The predicted molar refractivity (Wildman–Crippen MR) is 60.8 cm³/mol. The van der Waals surface area contributed by atoms with Gasteiger partial charge in [-0.05, 0) is 18.6 Å². The summed E-state index contributed by atoms with van der Waals surface area (Å²) >= 11 is 2.01. The van der Waals surface area contributed by atoms with E-state index in [1.807, 2.05) is 11.8 Å². The molecule has 0 spiro atoms. The van der Waals surface area contributed by atoms with Gasteiger partial charge in [-0.25, -0.2) is 0 Å². The Kier molecular flexibility index (Phi) is 3.50. The smallest absolute Gasteiger partial charge is 0.136 e. The molecule has 2 nitrogen and oxygen atoms in total. The molecule has 0 aliphatic carbocycles. The number of carbonyl (C=O) groups excluding carboxylic acids is 1. The summed E-state index contributed by atoms with van der Waals surface area (Å²) in [6.45, 7) is 3.40. The first-order valence-electron chi connectivity index (χ1n) is 5.66. The van der Waals surface area contributed by atoms with Crippen LogP contribution in [-0.2, 0) is 4.79 Å². The molecule has 2 bridgehead atoms. The van der Waals surface area contributed by atoms with Crippen LogP contribution in [0.5, 0.6) is 0 Å². The number of hydrogen-bond acceptors (Lipinski definition) is 3. The van der Waals surface area contributed by atoms with Crippen LogP contribution in [-0.4, -0.2) is 40.8 Å². The molecule has 2 atom stereocenters. The second-order valence-corrected chi connectivity index (χ2v) is 5.66. The lowest BCUT2D eigenvalue weighted by Gasteiger charge is -2.33. The Morgan fingerprint density at radius 2 is 2.00 bits per heavy atom. The molecule has 0 saturated carbocycles. The SMILES string of the molecule is CCSCCN1C2CCC1CC(=O)C2. The first-order chi connectivity index (χ1) is 6.81. The molecule has 2 aliphatic heterocycles. The zero-order valence-corrected chi connectivity index (χ0v) is 9.68. The average Bonchev–Trinajstić information content (AvgIpc) is 2.42. The molecule has 0 aromatic carbocycles. The normalized spacial score (nSPS) is 32.5. The Morgan fingerprint density at radius 3 is 2.57 bits per heavy atom. The summed E-state index contributed by atoms with van der Waals surface area (Å²) in [6, 6.07) is 1.19. The van der Waals surface area contributed by atoms with Crippen LogP contribution >= 0.6 is 11.8 Å². The minimum atomic E-state index is 0.497. The van der Waals surface area contributed by atoms with E-state index in [0.29, 0.717) is 17.9 Å². The molecule has 80 valence electrons. The van der Waals surface area contributed by atoms with Crippen molar-refractivity contribution in [3.8, 4) is 0 Å². The molecule has 0 amide bonds. The van der Waals surface area contributed by atoms with Crippen LogP contribution < -0.4 is 0 Å². The highest BCUT2D eigenvalue weighted by Crippen LogP contribution is 2.33. The molecule has 0 aromatic heterocycles. The van der Waals surface area contributed by atoms with Crippen molar-refractivity contribution in [3.05, 3.63) is 0 Å². The molecule has 0 radical (unpaired) electrons. The van der Waals surface area contributed by atoms with Gasteiger partial charge in [0.25, 0.3) is 0 Å². The predicted octanol–water partition coefficient (Wildman–Crippen LogP) is 1.94. The second-order valence-electron chi connectivity index (χ2n) is 4.27. The van der Waals surface area contributed by atoms with Crippen molar-refractivity contribution in [2.45, 2.75) is 44.7 Å². The lowest BCUT2D eigenvalue weighted by molar-refractivity contribution is -0.123. The van der Waals surface area contributed by atoms with E-state index < -0.39 is 0 Å². The summed E-state index contributed by atoms with van der Waals surface area (Å²) in [5.74, 6) is 2.94. The van der Waals surface area contributed by atoms with E-state index in [-0.39, 0.29) is 0 Å². The Morgan fingerprint density at radius 1 is 1.36 bits per heavy atom. The third-order valence-corrected chi connectivity index (χ3v) is 4.28. The summed E-state index contributed by atoms with van der Waals surface area (Å²) in [5, 5.41) is 0. The van der Waals surface area contributed by atoms with Crippen LogP contribution in [0.2, 0.25) is 0 Å². The zero-order valence-electron chi connectivity index (χ0n) is 8.87. The quantitative estimate of drug-likeness (QED) is 0.666. The average molecular weight is 213 g/mol. The van der Waals surface area contributed by atoms with Gasteiger partial charge in [-0.3, -0.25) is 9.69 Å². The van der Waals surface area contributed by atoms with E-state index in [4.69, 9.17) is 0 Å². The van der Waals surface area contributed by atoms with Crippen molar-refractivity contribution in [2.75, 3.05) is 18.1 Å². The number of fused-ring (bicyclic) bond motifs is 2. The highest BCUT2D eigenvalue weighted by molar-refractivity contribution is 7.99. The van der Waals surface area contributed by atoms with Gasteiger partial charge in [-0.2, -0.15) is 11.8 Å². The number of thioether (sulfide) groups is 1. The molecule has 0 aromatic rings. The summed E-state index contributed by atoms with van der Waals surface area (Å²) in [4.78, 5) is 14.0. The lowest BCUT2D eigenvalue weighted by Crippen LogP contribution is -2.44. The van der Waals surface area contributed by atoms with Gasteiger partial charge in [0.15, 0.2) is 0 Å². The van der Waals surface area contributed by atoms with E-state index in [9.17, 15) is 4.79 Å². The number of carbonyl (C=O) groups is 1. The van der Waals surface area contributed by atoms with Crippen LogP contribution in [0.4, 0.5) is 0 Å². The number of nitrogens with zero attached hydrogens (tertiary/aromatic N) is 1. The van der Waals surface area contributed by atoms with E-state index in [2.05, 4.69) is 11.8 Å². The van der Waals surface area contributed by atoms with Crippen LogP contribution in [0.15, 0.2) is 0 Å². The van der Waals surface area contributed by atoms with E-state index in [0.717, 1.165) is 12.8 Å². The number of ketones is 1. The largest absolute Gasteiger partial charge is 0.300 e. The monoisotopic (exact) mass is 213 g/mol. The fourth-order valence-electron chi connectivity index (χ4n) is 2.74. The van der Waals surface area contributed by atoms with Crippen LogP contribution in [0.3, 0.4) is 0 Å². The molecule has 3 heteroatoms. The topological polar surface area (TPSA) is 20.3 Å². The Balaban J connectivity index is 1.84. The maximum absolute atomic E-state index is 11.4. The first kappa shape index (κ1) is 10.5. The van der Waals surface area contributed by atoms with Crippen molar-refractivity contribution in [1.29, 1.82) is 0 Å². The van der Waals surface area contributed by atoms with Gasteiger partial charge in [0.2, 0.25) is 0 Å². The maximum Gasteiger partial charge on any atom is 0.136 e. The molecular weight excluding hydrogens is 194 g/mol. The highest BCUT2D eigenvalue weighted by Gasteiger charge is 2.39. The zero-order chi connectivity index (χ0) is 9.97. The van der Waals surface area contributed by atoms with Gasteiger partial charge in [0.1, 0.15) is 5.78 Å². The molecule has 2 rings (SSSR count). The fourth-order valence-corrected chi connectivity index (χ4v) is 3.37. The van der Waals surface area contributed by atoms with Crippen molar-refractivity contribution in [2.24, 2.45) is 0 Å². The van der Waals surface area contributed by atoms with Gasteiger partial charge in [0, 0.05) is 37.2 Å². The Hall–Kier alpha value is -0.0200. The number of piperidine rings is 1. The molecule has 2 heterocycles. The summed E-state index contributed by atoms with van der Waals surface area (Å²) in [6.07, 6.45) is 4.17. The maximum atomic E-state index is 11.4. The summed E-state index contributed by atoms with van der Waals surface area (Å²) in [7, 11) is 0. The van der Waals surface area contributed by atoms with Crippen LogP contribution in [0.25, 0.3) is 0 Å². The van der Waals surface area contributed by atoms with Crippen molar-refractivity contribution in [1.82, 2.24) is 4.90 Å². The van der Waals surface area contributed by atoms with E-state index >= 15 is 0 Å². The van der Waals surface area contributed by atoms with Gasteiger partial charge in [-0.15, -0.1) is 0 Å². The minimum absolute atomic E-state index is 0.497. The first-order valence-corrected chi connectivity index (χ1v) is 6.82. The third kappa shape index (κ3) is 2.14. The standard InChI is InChI=1S/C11H19NOS/c1-2-14-6-5-12-9-3-4-10(12)8-11(13)7-9/h9-10H,2-8H2,1H3. The molecular formula is C11H19NOS. The summed E-state index contributed by atoms with van der Waals surface area (Å²) in [5.41, 5.74) is 0. The number of hydrogen-bond donors (Lipinski definition) is 0. The number of Topliss-reactive ketones (excluding diaryl/α,β-unsaturated/α-hetero) is 1. The van der Waals surface area contributed by atoms with Crippen molar-refractivity contribution < 1.29 is 4.79 Å². The third-order valence-electron chi connectivity index (χ3n) is 3.40. The summed E-state index contributed by atoms with van der Waals surface area (Å²) < 4.78 is 0. The number of rotatable bonds is 4. The molecule has 0 N–H and O–H groups in total. The van der Waals surface area contributed by atoms with Crippen LogP contribution in [0.1, 0.15) is 32.6 Å². The molecule has 2 fully saturated rings. The fraction of sp³-hybridized carbons (Fsp3) is 0.909. The molecule has 2 aliphatic rings. The molecule has 14 heavy (non-hydrogen) atoms. The van der Waals surface area contributed by atoms with Crippen LogP contribution in [0, 0.1) is 0 Å². The minimum Gasteiger partial charge on any atom is -0.300 e. The van der Waals surface area contributed by atoms with Crippen molar-refractivity contribution >= 4 is 17.5 Å². The van der Waals surface area contributed by atoms with Gasteiger partial charge in [0.05, 0.1) is 0 Å². The van der Waals surface area contributed by atoms with E-state index in [1.165, 1.54) is 30.9 Å².